The van der Waals surface area contributed by atoms with Gasteiger partial charge in [0, 0.05) is 32.9 Å². The molecule has 3 nitrogen and oxygen atoms in total. The van der Waals surface area contributed by atoms with Crippen molar-refractivity contribution >= 4 is 5.69 Å². The topological polar surface area (TPSA) is 24.5 Å². The molecule has 2 rings (SSSR count). The van der Waals surface area contributed by atoms with Gasteiger partial charge in [0.1, 0.15) is 0 Å². The number of benzene rings is 1. The maximum atomic E-state index is 5.95. The Balaban J connectivity index is 1.85. The molecule has 0 aliphatic carbocycles. The molecule has 0 aromatic heterocycles. The van der Waals surface area contributed by atoms with E-state index in [2.05, 4.69) is 76.3 Å². The van der Waals surface area contributed by atoms with Crippen LogP contribution >= 0.6 is 0 Å². The molecule has 0 radical (unpaired) electrons. The van der Waals surface area contributed by atoms with Crippen LogP contribution in [0.5, 0.6) is 0 Å². The van der Waals surface area contributed by atoms with E-state index in [1.807, 2.05) is 0 Å². The second kappa shape index (κ2) is 7.88. The first-order chi connectivity index (χ1) is 11.2. The second-order valence-electron chi connectivity index (χ2n) is 8.54. The van der Waals surface area contributed by atoms with Crippen molar-refractivity contribution in [1.29, 1.82) is 0 Å². The molecular weight excluding hydrogens is 296 g/mol. The average molecular weight is 333 g/mol. The molecule has 1 atom stereocenters. The van der Waals surface area contributed by atoms with Crippen molar-refractivity contribution in [2.75, 3.05) is 32.1 Å². The Kier molecular flexibility index (Phi) is 6.33. The summed E-state index contributed by atoms with van der Waals surface area (Å²) in [6.07, 6.45) is 3.58. The minimum atomic E-state index is 0.0184. The molecule has 1 aromatic carbocycles. The molecule has 1 aromatic rings. The molecule has 136 valence electrons. The molecule has 1 aliphatic heterocycles. The zero-order valence-corrected chi connectivity index (χ0v) is 16.5. The maximum absolute atomic E-state index is 5.95. The summed E-state index contributed by atoms with van der Waals surface area (Å²) < 4.78 is 5.95. The van der Waals surface area contributed by atoms with Crippen LogP contribution in [0.15, 0.2) is 24.3 Å². The molecule has 0 bridgehead atoms. The minimum Gasteiger partial charge on any atom is -0.378 e. The van der Waals surface area contributed by atoms with Crippen molar-refractivity contribution in [3.63, 3.8) is 0 Å². The van der Waals surface area contributed by atoms with E-state index in [4.69, 9.17) is 4.74 Å². The lowest BCUT2D eigenvalue weighted by atomic mass is 9.65. The number of rotatable bonds is 7. The molecule has 1 aliphatic rings. The van der Waals surface area contributed by atoms with E-state index in [0.717, 1.165) is 26.1 Å². The van der Waals surface area contributed by atoms with Crippen LogP contribution in [0.3, 0.4) is 0 Å². The zero-order valence-electron chi connectivity index (χ0n) is 16.5. The lowest BCUT2D eigenvalue weighted by Crippen LogP contribution is -2.45. The smallest absolute Gasteiger partial charge is 0.0631 e. The first kappa shape index (κ1) is 19.3. The third kappa shape index (κ3) is 4.97. The maximum Gasteiger partial charge on any atom is 0.0631 e. The first-order valence-electron chi connectivity index (χ1n) is 9.35. The van der Waals surface area contributed by atoms with Gasteiger partial charge in [-0.3, -0.25) is 0 Å². The van der Waals surface area contributed by atoms with E-state index in [-0.39, 0.29) is 5.60 Å². The van der Waals surface area contributed by atoms with Crippen LogP contribution in [0.1, 0.15) is 52.5 Å². The van der Waals surface area contributed by atoms with Crippen LogP contribution in [0.2, 0.25) is 0 Å². The van der Waals surface area contributed by atoms with Gasteiger partial charge in [0.2, 0.25) is 0 Å². The SMILES string of the molecule is CC(C)C1(CCNCc2ccc(N(C)C)cc2)CCOC(C)(C)C1. The van der Waals surface area contributed by atoms with Crippen molar-refractivity contribution in [2.45, 2.75) is 59.1 Å². The van der Waals surface area contributed by atoms with E-state index in [1.54, 1.807) is 0 Å². The molecule has 1 heterocycles. The molecule has 24 heavy (non-hydrogen) atoms. The van der Waals surface area contributed by atoms with E-state index in [9.17, 15) is 0 Å². The Labute approximate surface area is 148 Å². The number of anilines is 1. The lowest BCUT2D eigenvalue weighted by molar-refractivity contribution is -0.121. The summed E-state index contributed by atoms with van der Waals surface area (Å²) in [5.74, 6) is 0.696. The fraction of sp³-hybridized carbons (Fsp3) is 0.714. The largest absolute Gasteiger partial charge is 0.378 e. The summed E-state index contributed by atoms with van der Waals surface area (Å²) in [5, 5.41) is 3.65. The van der Waals surface area contributed by atoms with Gasteiger partial charge in [0.15, 0.2) is 0 Å². The van der Waals surface area contributed by atoms with Gasteiger partial charge in [-0.1, -0.05) is 26.0 Å². The zero-order chi connectivity index (χ0) is 17.8. The fourth-order valence-electron chi connectivity index (χ4n) is 3.99. The van der Waals surface area contributed by atoms with Gasteiger partial charge >= 0.3 is 0 Å². The van der Waals surface area contributed by atoms with Crippen LogP contribution in [-0.2, 0) is 11.3 Å². The quantitative estimate of drug-likeness (QED) is 0.746. The standard InChI is InChI=1S/C21H36N2O/c1-17(2)21(12-14-24-20(3,4)16-21)11-13-22-15-18-7-9-19(10-8-18)23(5)6/h7-10,17,22H,11-16H2,1-6H3. The summed E-state index contributed by atoms with van der Waals surface area (Å²) in [4.78, 5) is 2.14. The number of hydrogen-bond acceptors (Lipinski definition) is 3. The van der Waals surface area contributed by atoms with Crippen LogP contribution < -0.4 is 10.2 Å². The predicted octanol–water partition coefficient (Wildman–Crippen LogP) is 4.46. The highest BCUT2D eigenvalue weighted by Crippen LogP contribution is 2.46. The van der Waals surface area contributed by atoms with Gasteiger partial charge < -0.3 is 15.0 Å². The fourth-order valence-corrected chi connectivity index (χ4v) is 3.99. The Hall–Kier alpha value is -1.06. The van der Waals surface area contributed by atoms with Crippen LogP contribution in [0.25, 0.3) is 0 Å². The van der Waals surface area contributed by atoms with Gasteiger partial charge in [-0.25, -0.2) is 0 Å². The van der Waals surface area contributed by atoms with Crippen molar-refractivity contribution in [2.24, 2.45) is 11.3 Å². The monoisotopic (exact) mass is 332 g/mol. The summed E-state index contributed by atoms with van der Waals surface area (Å²) >= 11 is 0. The van der Waals surface area contributed by atoms with E-state index in [0.29, 0.717) is 11.3 Å². The number of hydrogen-bond donors (Lipinski definition) is 1. The highest BCUT2D eigenvalue weighted by atomic mass is 16.5. The van der Waals surface area contributed by atoms with E-state index < -0.39 is 0 Å². The molecule has 0 spiro atoms. The van der Waals surface area contributed by atoms with Gasteiger partial charge in [-0.2, -0.15) is 0 Å². The van der Waals surface area contributed by atoms with Crippen molar-refractivity contribution in [1.82, 2.24) is 5.32 Å². The third-order valence-corrected chi connectivity index (χ3v) is 5.68. The molecule has 0 saturated carbocycles. The summed E-state index contributed by atoms with van der Waals surface area (Å²) in [6.45, 7) is 12.2. The number of nitrogens with zero attached hydrogens (tertiary/aromatic N) is 1. The molecule has 3 heteroatoms. The van der Waals surface area contributed by atoms with Gasteiger partial charge in [0.25, 0.3) is 0 Å². The molecule has 1 N–H and O–H groups in total. The summed E-state index contributed by atoms with van der Waals surface area (Å²) in [7, 11) is 4.15. The Morgan fingerprint density at radius 3 is 2.38 bits per heavy atom. The predicted molar refractivity (Wildman–Crippen MR) is 104 cm³/mol. The van der Waals surface area contributed by atoms with Crippen LogP contribution in [-0.4, -0.2) is 32.8 Å². The van der Waals surface area contributed by atoms with Gasteiger partial charge in [0.05, 0.1) is 5.60 Å². The Morgan fingerprint density at radius 1 is 1.17 bits per heavy atom. The van der Waals surface area contributed by atoms with Crippen molar-refractivity contribution < 1.29 is 4.74 Å². The minimum absolute atomic E-state index is 0.0184. The number of ether oxygens (including phenoxy) is 1. The molecule has 1 fully saturated rings. The highest BCUT2D eigenvalue weighted by molar-refractivity contribution is 5.45. The van der Waals surface area contributed by atoms with Crippen LogP contribution in [0, 0.1) is 11.3 Å². The lowest BCUT2D eigenvalue weighted by Gasteiger charge is -2.48. The molecule has 0 amide bonds. The molecule has 1 saturated heterocycles. The third-order valence-electron chi connectivity index (χ3n) is 5.68. The summed E-state index contributed by atoms with van der Waals surface area (Å²) in [5.41, 5.74) is 3.03. The second-order valence-corrected chi connectivity index (χ2v) is 8.54. The van der Waals surface area contributed by atoms with E-state index >= 15 is 0 Å². The first-order valence-corrected chi connectivity index (χ1v) is 9.35. The van der Waals surface area contributed by atoms with Gasteiger partial charge in [-0.05, 0) is 68.7 Å². The normalized spacial score (nSPS) is 23.5. The average Bonchev–Trinajstić information content (AvgIpc) is 2.51. The molecule has 1 unspecified atom stereocenters. The van der Waals surface area contributed by atoms with Crippen molar-refractivity contribution in [3.05, 3.63) is 29.8 Å². The Bertz CT molecular complexity index is 507. The van der Waals surface area contributed by atoms with Crippen molar-refractivity contribution in [3.8, 4) is 0 Å². The number of nitrogens with one attached hydrogen (secondary N) is 1. The Morgan fingerprint density at radius 2 is 1.83 bits per heavy atom. The van der Waals surface area contributed by atoms with Crippen LogP contribution in [0.4, 0.5) is 5.69 Å². The summed E-state index contributed by atoms with van der Waals surface area (Å²) in [6, 6.07) is 8.82. The van der Waals surface area contributed by atoms with Gasteiger partial charge in [-0.15, -0.1) is 0 Å². The van der Waals surface area contributed by atoms with E-state index in [1.165, 1.54) is 24.1 Å². The highest BCUT2D eigenvalue weighted by Gasteiger charge is 2.42. The molecular formula is C21H36N2O.